The van der Waals surface area contributed by atoms with E-state index in [0.717, 1.165) is 6.07 Å². The summed E-state index contributed by atoms with van der Waals surface area (Å²) >= 11 is 0. The lowest BCUT2D eigenvalue weighted by atomic mass is 10.0. The maximum atomic E-state index is 12.6. The zero-order valence-corrected chi connectivity index (χ0v) is 10.9. The Balaban J connectivity index is 2.20. The van der Waals surface area contributed by atoms with Crippen LogP contribution in [0, 0.1) is 6.92 Å². The monoisotopic (exact) mass is 293 g/mol. The van der Waals surface area contributed by atoms with E-state index in [1.165, 1.54) is 6.07 Å². The van der Waals surface area contributed by atoms with Gasteiger partial charge in [-0.15, -0.1) is 10.2 Å². The summed E-state index contributed by atoms with van der Waals surface area (Å²) in [5.41, 5.74) is 0.378. The molecule has 2 heterocycles. The van der Waals surface area contributed by atoms with E-state index in [9.17, 15) is 18.3 Å². The maximum Gasteiger partial charge on any atom is 0.416 e. The molecule has 7 heteroatoms. The van der Waals surface area contributed by atoms with Crippen LogP contribution in [0.15, 0.2) is 36.5 Å². The SMILES string of the molecule is Cc1nnc2c(-c3ccc(C(F)(F)F)cc3O)cccn12. The van der Waals surface area contributed by atoms with E-state index in [1.807, 2.05) is 0 Å². The molecular weight excluding hydrogens is 283 g/mol. The van der Waals surface area contributed by atoms with Gasteiger partial charge in [-0.2, -0.15) is 13.2 Å². The Morgan fingerprint density at radius 3 is 2.52 bits per heavy atom. The summed E-state index contributed by atoms with van der Waals surface area (Å²) in [6, 6.07) is 6.27. The molecule has 108 valence electrons. The van der Waals surface area contributed by atoms with E-state index < -0.39 is 17.5 Å². The van der Waals surface area contributed by atoms with Crippen LogP contribution in [0.5, 0.6) is 5.75 Å². The van der Waals surface area contributed by atoms with Crippen molar-refractivity contribution in [2.45, 2.75) is 13.1 Å². The van der Waals surface area contributed by atoms with Gasteiger partial charge in [0.25, 0.3) is 0 Å². The molecule has 0 unspecified atom stereocenters. The molecule has 0 radical (unpaired) electrons. The molecule has 1 aromatic carbocycles. The Labute approximate surface area is 117 Å². The number of halogens is 3. The highest BCUT2D eigenvalue weighted by molar-refractivity contribution is 5.81. The second-order valence-corrected chi connectivity index (χ2v) is 4.59. The number of phenols is 1. The number of alkyl halides is 3. The van der Waals surface area contributed by atoms with Crippen molar-refractivity contribution in [2.75, 3.05) is 0 Å². The van der Waals surface area contributed by atoms with Crippen molar-refractivity contribution in [1.82, 2.24) is 14.6 Å². The van der Waals surface area contributed by atoms with Gasteiger partial charge in [0, 0.05) is 17.3 Å². The molecule has 0 aliphatic carbocycles. The average molecular weight is 293 g/mol. The number of phenolic OH excluding ortho intramolecular Hbond substituents is 1. The molecule has 2 aromatic heterocycles. The topological polar surface area (TPSA) is 50.4 Å². The molecule has 3 aromatic rings. The molecule has 0 atom stereocenters. The standard InChI is InChI=1S/C14H10F3N3O/c1-8-18-19-13-11(3-2-6-20(8)13)10-5-4-9(7-12(10)21)14(15,16)17/h2-7,21H,1H3. The minimum Gasteiger partial charge on any atom is -0.507 e. The molecule has 0 amide bonds. The molecule has 0 aliphatic heterocycles. The molecule has 4 nitrogen and oxygen atoms in total. The number of aromatic nitrogens is 3. The first-order valence-electron chi connectivity index (χ1n) is 6.09. The van der Waals surface area contributed by atoms with E-state index in [1.54, 1.807) is 29.7 Å². The molecule has 0 aliphatic rings. The summed E-state index contributed by atoms with van der Waals surface area (Å²) in [6.07, 6.45) is -2.75. The van der Waals surface area contributed by atoms with Gasteiger partial charge in [-0.3, -0.25) is 4.40 Å². The smallest absolute Gasteiger partial charge is 0.416 e. The molecule has 21 heavy (non-hydrogen) atoms. The summed E-state index contributed by atoms with van der Waals surface area (Å²) in [6.45, 7) is 1.76. The number of hydrogen-bond acceptors (Lipinski definition) is 3. The third kappa shape index (κ3) is 2.20. The fourth-order valence-electron chi connectivity index (χ4n) is 2.18. The molecule has 0 fully saturated rings. The van der Waals surface area contributed by atoms with Crippen LogP contribution in [0.4, 0.5) is 13.2 Å². The second-order valence-electron chi connectivity index (χ2n) is 4.59. The van der Waals surface area contributed by atoms with E-state index in [-0.39, 0.29) is 5.56 Å². The Hall–Kier alpha value is -2.57. The van der Waals surface area contributed by atoms with Gasteiger partial charge in [0.1, 0.15) is 11.6 Å². The van der Waals surface area contributed by atoms with E-state index in [2.05, 4.69) is 10.2 Å². The molecule has 0 spiro atoms. The minimum atomic E-state index is -4.49. The molecular formula is C14H10F3N3O. The van der Waals surface area contributed by atoms with Crippen LogP contribution in [0.3, 0.4) is 0 Å². The van der Waals surface area contributed by atoms with Crippen LogP contribution >= 0.6 is 0 Å². The Bertz CT molecular complexity index is 824. The summed E-state index contributed by atoms with van der Waals surface area (Å²) in [5.74, 6) is 0.205. The van der Waals surface area contributed by atoms with Crippen molar-refractivity contribution < 1.29 is 18.3 Å². The highest BCUT2D eigenvalue weighted by Gasteiger charge is 2.31. The minimum absolute atomic E-state index is 0.279. The Kier molecular flexibility index (Phi) is 2.86. The maximum absolute atomic E-state index is 12.6. The van der Waals surface area contributed by atoms with Crippen molar-refractivity contribution in [2.24, 2.45) is 0 Å². The predicted octanol–water partition coefficient (Wildman–Crippen LogP) is 3.43. The number of benzene rings is 1. The first-order chi connectivity index (χ1) is 9.88. The van der Waals surface area contributed by atoms with Gasteiger partial charge in [0.2, 0.25) is 0 Å². The first kappa shape index (κ1) is 13.4. The van der Waals surface area contributed by atoms with Crippen molar-refractivity contribution >= 4 is 5.65 Å². The van der Waals surface area contributed by atoms with Gasteiger partial charge >= 0.3 is 6.18 Å². The number of aromatic hydroxyl groups is 1. The number of aryl methyl sites for hydroxylation is 1. The zero-order valence-electron chi connectivity index (χ0n) is 10.9. The number of rotatable bonds is 1. The van der Waals surface area contributed by atoms with Gasteiger partial charge in [-0.25, -0.2) is 0 Å². The summed E-state index contributed by atoms with van der Waals surface area (Å²) < 4.78 is 39.6. The second kappa shape index (κ2) is 4.47. The van der Waals surface area contributed by atoms with Crippen LogP contribution < -0.4 is 0 Å². The first-order valence-corrected chi connectivity index (χ1v) is 6.09. The number of hydrogen-bond donors (Lipinski definition) is 1. The summed E-state index contributed by atoms with van der Waals surface area (Å²) in [5, 5.41) is 17.8. The van der Waals surface area contributed by atoms with Crippen LogP contribution in [0.2, 0.25) is 0 Å². The number of fused-ring (bicyclic) bond motifs is 1. The summed E-state index contributed by atoms with van der Waals surface area (Å²) in [7, 11) is 0. The van der Waals surface area contributed by atoms with E-state index in [4.69, 9.17) is 0 Å². The number of nitrogens with zero attached hydrogens (tertiary/aromatic N) is 3. The summed E-state index contributed by atoms with van der Waals surface area (Å²) in [4.78, 5) is 0. The molecule has 3 rings (SSSR count). The van der Waals surface area contributed by atoms with Crippen molar-refractivity contribution in [1.29, 1.82) is 0 Å². The zero-order chi connectivity index (χ0) is 15.2. The highest BCUT2D eigenvalue weighted by atomic mass is 19.4. The molecule has 0 saturated carbocycles. The van der Waals surface area contributed by atoms with Gasteiger partial charge in [0.05, 0.1) is 5.56 Å². The quantitative estimate of drug-likeness (QED) is 0.748. The van der Waals surface area contributed by atoms with Gasteiger partial charge in [-0.1, -0.05) is 0 Å². The third-order valence-electron chi connectivity index (χ3n) is 3.22. The molecule has 1 N–H and O–H groups in total. The van der Waals surface area contributed by atoms with Gasteiger partial charge < -0.3 is 5.11 Å². The highest BCUT2D eigenvalue weighted by Crippen LogP contribution is 2.37. The Morgan fingerprint density at radius 1 is 1.10 bits per heavy atom. The molecule has 0 saturated heterocycles. The fraction of sp³-hybridized carbons (Fsp3) is 0.143. The van der Waals surface area contributed by atoms with Gasteiger partial charge in [0.15, 0.2) is 5.65 Å². The lowest BCUT2D eigenvalue weighted by Crippen LogP contribution is -2.04. The molecule has 0 bridgehead atoms. The van der Waals surface area contributed by atoms with Crippen LogP contribution in [-0.2, 0) is 6.18 Å². The van der Waals surface area contributed by atoms with Crippen LogP contribution in [0.25, 0.3) is 16.8 Å². The predicted molar refractivity (Wildman–Crippen MR) is 69.8 cm³/mol. The van der Waals surface area contributed by atoms with E-state index in [0.29, 0.717) is 23.1 Å². The van der Waals surface area contributed by atoms with Crippen LogP contribution in [0.1, 0.15) is 11.4 Å². The largest absolute Gasteiger partial charge is 0.507 e. The van der Waals surface area contributed by atoms with Gasteiger partial charge in [-0.05, 0) is 37.3 Å². The van der Waals surface area contributed by atoms with Crippen molar-refractivity contribution in [3.63, 3.8) is 0 Å². The van der Waals surface area contributed by atoms with E-state index >= 15 is 0 Å². The lowest BCUT2D eigenvalue weighted by Gasteiger charge is -2.10. The van der Waals surface area contributed by atoms with Crippen LogP contribution in [-0.4, -0.2) is 19.7 Å². The number of pyridine rings is 1. The van der Waals surface area contributed by atoms with Crippen molar-refractivity contribution in [3.8, 4) is 16.9 Å². The average Bonchev–Trinajstić information content (AvgIpc) is 2.80. The van der Waals surface area contributed by atoms with Crippen molar-refractivity contribution in [3.05, 3.63) is 47.9 Å². The normalized spacial score (nSPS) is 12.0. The lowest BCUT2D eigenvalue weighted by molar-refractivity contribution is -0.137. The fourth-order valence-corrected chi connectivity index (χ4v) is 2.18. The Morgan fingerprint density at radius 2 is 1.86 bits per heavy atom. The third-order valence-corrected chi connectivity index (χ3v) is 3.22.